The van der Waals surface area contributed by atoms with E-state index in [-0.39, 0.29) is 22.4 Å². The second kappa shape index (κ2) is 8.92. The molecule has 0 radical (unpaired) electrons. The molecule has 4 rings (SSSR count). The molecule has 2 N–H and O–H groups in total. The maximum absolute atomic E-state index is 12.9. The number of hydrogen-bond acceptors (Lipinski definition) is 5. The van der Waals surface area contributed by atoms with Crippen molar-refractivity contribution in [3.05, 3.63) is 83.4 Å². The van der Waals surface area contributed by atoms with Gasteiger partial charge in [0, 0.05) is 11.3 Å². The minimum absolute atomic E-state index is 0.0565. The molecule has 3 aromatic carbocycles. The summed E-state index contributed by atoms with van der Waals surface area (Å²) in [6.07, 6.45) is 0. The summed E-state index contributed by atoms with van der Waals surface area (Å²) in [5, 5.41) is 2.92. The lowest BCUT2D eigenvalue weighted by molar-refractivity contribution is 0.0939. The molecule has 0 fully saturated rings. The topological polar surface area (TPSA) is 93.7 Å². The van der Waals surface area contributed by atoms with Crippen molar-refractivity contribution in [2.24, 2.45) is 0 Å². The van der Waals surface area contributed by atoms with Crippen molar-refractivity contribution >= 4 is 21.6 Å². The Hall–Kier alpha value is -3.52. The lowest BCUT2D eigenvalue weighted by atomic mass is 10.1. The number of nitrogens with one attached hydrogen (secondary N) is 2. The third kappa shape index (κ3) is 4.70. The van der Waals surface area contributed by atoms with E-state index in [2.05, 4.69) is 10.0 Å². The van der Waals surface area contributed by atoms with Crippen molar-refractivity contribution in [2.75, 3.05) is 17.9 Å². The van der Waals surface area contributed by atoms with Crippen molar-refractivity contribution in [3.8, 4) is 11.5 Å². The maximum atomic E-state index is 12.9. The van der Waals surface area contributed by atoms with E-state index < -0.39 is 10.0 Å². The standard InChI is InChI=1S/C24H24N2O5S/c1-16-8-9-19(15-23(16)32(28,29)26-20-6-4-3-5-7-20)24(27)25-17(2)18-10-11-21-22(14-18)31-13-12-30-21/h3-11,14-15,17,26H,12-13H2,1-2H3,(H,25,27)/t17-/m0/s1. The van der Waals surface area contributed by atoms with Crippen LogP contribution in [0.15, 0.2) is 71.6 Å². The molecule has 0 aromatic heterocycles. The van der Waals surface area contributed by atoms with Crippen LogP contribution in [-0.4, -0.2) is 27.5 Å². The molecule has 0 saturated heterocycles. The first-order chi connectivity index (χ1) is 15.3. The number of anilines is 1. The molecule has 32 heavy (non-hydrogen) atoms. The molecular formula is C24H24N2O5S. The second-order valence-electron chi connectivity index (χ2n) is 7.55. The van der Waals surface area contributed by atoms with Crippen molar-refractivity contribution in [3.63, 3.8) is 0 Å². The van der Waals surface area contributed by atoms with E-state index in [1.165, 1.54) is 6.07 Å². The highest BCUT2D eigenvalue weighted by molar-refractivity contribution is 7.92. The first-order valence-electron chi connectivity index (χ1n) is 10.2. The van der Waals surface area contributed by atoms with Gasteiger partial charge in [-0.3, -0.25) is 9.52 Å². The Morgan fingerprint density at radius 3 is 2.41 bits per heavy atom. The van der Waals surface area contributed by atoms with Crippen LogP contribution in [0.3, 0.4) is 0 Å². The van der Waals surface area contributed by atoms with Gasteiger partial charge in [0.1, 0.15) is 13.2 Å². The van der Waals surface area contributed by atoms with E-state index in [9.17, 15) is 13.2 Å². The summed E-state index contributed by atoms with van der Waals surface area (Å²) in [6.45, 7) is 4.54. The highest BCUT2D eigenvalue weighted by atomic mass is 32.2. The maximum Gasteiger partial charge on any atom is 0.262 e. The van der Waals surface area contributed by atoms with E-state index in [0.717, 1.165) is 5.56 Å². The number of hydrogen-bond donors (Lipinski definition) is 2. The van der Waals surface area contributed by atoms with Crippen LogP contribution in [0.1, 0.15) is 34.5 Å². The van der Waals surface area contributed by atoms with E-state index >= 15 is 0 Å². The normalized spacial score (nSPS) is 13.8. The quantitative estimate of drug-likeness (QED) is 0.588. The van der Waals surface area contributed by atoms with E-state index in [4.69, 9.17) is 9.47 Å². The Balaban J connectivity index is 1.53. The van der Waals surface area contributed by atoms with Crippen LogP contribution in [0.2, 0.25) is 0 Å². The van der Waals surface area contributed by atoms with Crippen LogP contribution in [0, 0.1) is 6.92 Å². The minimum Gasteiger partial charge on any atom is -0.486 e. The number of fused-ring (bicyclic) bond motifs is 1. The number of rotatable bonds is 6. The van der Waals surface area contributed by atoms with Gasteiger partial charge < -0.3 is 14.8 Å². The summed E-state index contributed by atoms with van der Waals surface area (Å²) in [5.41, 5.74) is 2.11. The summed E-state index contributed by atoms with van der Waals surface area (Å²) >= 11 is 0. The zero-order chi connectivity index (χ0) is 22.7. The van der Waals surface area contributed by atoms with Crippen LogP contribution >= 0.6 is 0 Å². The Morgan fingerprint density at radius 2 is 1.66 bits per heavy atom. The molecular weight excluding hydrogens is 428 g/mol. The van der Waals surface area contributed by atoms with Gasteiger partial charge in [0.05, 0.1) is 10.9 Å². The highest BCUT2D eigenvalue weighted by Gasteiger charge is 2.21. The van der Waals surface area contributed by atoms with E-state index in [1.807, 2.05) is 25.1 Å². The Labute approximate surface area is 187 Å². The summed E-state index contributed by atoms with van der Waals surface area (Å²) in [7, 11) is -3.85. The van der Waals surface area contributed by atoms with E-state index in [1.54, 1.807) is 49.4 Å². The summed E-state index contributed by atoms with van der Waals surface area (Å²) in [6, 6.07) is 18.5. The van der Waals surface area contributed by atoms with Crippen LogP contribution in [0.5, 0.6) is 11.5 Å². The number of para-hydroxylation sites is 1. The van der Waals surface area contributed by atoms with Gasteiger partial charge in [-0.25, -0.2) is 8.42 Å². The predicted molar refractivity (Wildman–Crippen MR) is 122 cm³/mol. The second-order valence-corrected chi connectivity index (χ2v) is 9.20. The fourth-order valence-corrected chi connectivity index (χ4v) is 4.77. The number of carbonyl (C=O) groups is 1. The van der Waals surface area contributed by atoms with Crippen molar-refractivity contribution in [1.82, 2.24) is 5.32 Å². The summed E-state index contributed by atoms with van der Waals surface area (Å²) in [5.74, 6) is 0.951. The summed E-state index contributed by atoms with van der Waals surface area (Å²) in [4.78, 5) is 12.9. The van der Waals surface area contributed by atoms with Gasteiger partial charge in [-0.1, -0.05) is 30.3 Å². The Kier molecular flexibility index (Phi) is 6.05. The number of sulfonamides is 1. The fraction of sp³-hybridized carbons (Fsp3) is 0.208. The average Bonchev–Trinajstić information content (AvgIpc) is 2.79. The van der Waals surface area contributed by atoms with Crippen molar-refractivity contribution in [1.29, 1.82) is 0 Å². The predicted octanol–water partition coefficient (Wildman–Crippen LogP) is 4.06. The molecule has 0 unspecified atom stereocenters. The molecule has 0 spiro atoms. The molecule has 0 aliphatic carbocycles. The van der Waals surface area contributed by atoms with Gasteiger partial charge in [-0.2, -0.15) is 0 Å². The van der Waals surface area contributed by atoms with Crippen molar-refractivity contribution < 1.29 is 22.7 Å². The largest absolute Gasteiger partial charge is 0.486 e. The van der Waals surface area contributed by atoms with Gasteiger partial charge in [-0.15, -0.1) is 0 Å². The fourth-order valence-electron chi connectivity index (χ4n) is 3.44. The van der Waals surface area contributed by atoms with Gasteiger partial charge in [0.25, 0.3) is 15.9 Å². The molecule has 1 amide bonds. The zero-order valence-electron chi connectivity index (χ0n) is 17.8. The monoisotopic (exact) mass is 452 g/mol. The van der Waals surface area contributed by atoms with E-state index in [0.29, 0.717) is 36.0 Å². The number of ether oxygens (including phenoxy) is 2. The van der Waals surface area contributed by atoms with Crippen LogP contribution < -0.4 is 19.5 Å². The minimum atomic E-state index is -3.85. The smallest absolute Gasteiger partial charge is 0.262 e. The molecule has 0 saturated carbocycles. The Bertz CT molecular complexity index is 1240. The first kappa shape index (κ1) is 21.7. The molecule has 1 aliphatic rings. The van der Waals surface area contributed by atoms with Crippen molar-refractivity contribution in [2.45, 2.75) is 24.8 Å². The third-order valence-corrected chi connectivity index (χ3v) is 6.70. The zero-order valence-corrected chi connectivity index (χ0v) is 18.6. The number of benzene rings is 3. The Morgan fingerprint density at radius 1 is 0.938 bits per heavy atom. The lowest BCUT2D eigenvalue weighted by Gasteiger charge is -2.21. The third-order valence-electron chi connectivity index (χ3n) is 5.18. The number of carbonyl (C=O) groups excluding carboxylic acids is 1. The highest BCUT2D eigenvalue weighted by Crippen LogP contribution is 2.32. The SMILES string of the molecule is Cc1ccc(C(=O)N[C@@H](C)c2ccc3c(c2)OCCO3)cc1S(=O)(=O)Nc1ccccc1. The summed E-state index contributed by atoms with van der Waals surface area (Å²) < 4.78 is 39.5. The van der Waals surface area contributed by atoms with Gasteiger partial charge in [0.2, 0.25) is 0 Å². The molecule has 3 aromatic rings. The average molecular weight is 453 g/mol. The molecule has 7 nitrogen and oxygen atoms in total. The molecule has 1 atom stereocenters. The molecule has 8 heteroatoms. The van der Waals surface area contributed by atoms with Crippen LogP contribution in [0.4, 0.5) is 5.69 Å². The lowest BCUT2D eigenvalue weighted by Crippen LogP contribution is -2.27. The molecule has 0 bridgehead atoms. The van der Waals surface area contributed by atoms with Gasteiger partial charge in [-0.05, 0) is 61.4 Å². The number of amides is 1. The molecule has 1 aliphatic heterocycles. The number of aryl methyl sites for hydroxylation is 1. The van der Waals surface area contributed by atoms with Gasteiger partial charge >= 0.3 is 0 Å². The molecule has 166 valence electrons. The van der Waals surface area contributed by atoms with Crippen LogP contribution in [-0.2, 0) is 10.0 Å². The van der Waals surface area contributed by atoms with Gasteiger partial charge in [0.15, 0.2) is 11.5 Å². The molecule has 1 heterocycles. The first-order valence-corrected chi connectivity index (χ1v) is 11.7. The van der Waals surface area contributed by atoms with Crippen LogP contribution in [0.25, 0.3) is 0 Å².